The van der Waals surface area contributed by atoms with Crippen molar-refractivity contribution in [2.24, 2.45) is 11.5 Å². The number of hydrogen-bond acceptors (Lipinski definition) is 6. The molecule has 0 aliphatic carbocycles. The number of rotatable bonds is 6. The number of nitrogens with two attached hydrogens (primary N) is 2. The van der Waals surface area contributed by atoms with Crippen LogP contribution in [-0.4, -0.2) is 28.9 Å². The topological polar surface area (TPSA) is 137 Å². The summed E-state index contributed by atoms with van der Waals surface area (Å²) < 4.78 is 0. The normalized spacial score (nSPS) is 8.86. The van der Waals surface area contributed by atoms with Crippen LogP contribution in [0.2, 0.25) is 0 Å². The van der Waals surface area contributed by atoms with Gasteiger partial charge in [-0.1, -0.05) is 26.0 Å². The smallest absolute Gasteiger partial charge is 0.366 e. The van der Waals surface area contributed by atoms with Crippen molar-refractivity contribution in [2.45, 2.75) is 13.8 Å². The summed E-state index contributed by atoms with van der Waals surface area (Å²) in [5.74, 6) is -0.688. The van der Waals surface area contributed by atoms with Gasteiger partial charge >= 0.3 is 35.2 Å². The van der Waals surface area contributed by atoms with E-state index in [4.69, 9.17) is 11.5 Å². The molecule has 118 valence electrons. The molecule has 0 radical (unpaired) electrons. The molecule has 1 heterocycles. The summed E-state index contributed by atoms with van der Waals surface area (Å²) in [5, 5.41) is 13.6. The van der Waals surface area contributed by atoms with E-state index in [1.807, 2.05) is 13.8 Å². The third-order valence-corrected chi connectivity index (χ3v) is 2.04. The molecule has 0 saturated carbocycles. The van der Waals surface area contributed by atoms with Crippen molar-refractivity contribution in [3.8, 4) is 0 Å². The van der Waals surface area contributed by atoms with Crippen molar-refractivity contribution >= 4 is 17.4 Å². The molecule has 1 rings (SSSR count). The Bertz CT molecular complexity index is 495. The zero-order chi connectivity index (χ0) is 15.5. The largest absolute Gasteiger partial charge is 1.00 e. The minimum atomic E-state index is -0.764. The van der Waals surface area contributed by atoms with Crippen LogP contribution >= 0.6 is 0 Å². The Kier molecular flexibility index (Phi) is 16.7. The van der Waals surface area contributed by atoms with Gasteiger partial charge in [-0.05, 0) is 0 Å². The Balaban J connectivity index is -0.000000864. The minimum Gasteiger partial charge on any atom is -0.366 e. The van der Waals surface area contributed by atoms with Crippen LogP contribution in [0.5, 0.6) is 0 Å². The summed E-state index contributed by atoms with van der Waals surface area (Å²) >= 11 is 0. The van der Waals surface area contributed by atoms with Gasteiger partial charge in [0.1, 0.15) is 0 Å². The maximum Gasteiger partial charge on any atom is 1.00 e. The molecule has 22 heavy (non-hydrogen) atoms. The molecule has 0 fully saturated rings. The average molecular weight is 319 g/mol. The number of amides is 1. The molecule has 1 aromatic rings. The number of nitrogens with zero attached hydrogens (tertiary/aromatic N) is 2. The zero-order valence-corrected chi connectivity index (χ0v) is 15.5. The van der Waals surface area contributed by atoms with Crippen LogP contribution in [0.4, 0.5) is 11.5 Å². The van der Waals surface area contributed by atoms with Gasteiger partial charge in [-0.2, -0.15) is 0 Å². The number of hydrogen-bond donors (Lipinski definition) is 3. The molecule has 0 bridgehead atoms. The van der Waals surface area contributed by atoms with E-state index >= 15 is 0 Å². The van der Waals surface area contributed by atoms with Gasteiger partial charge in [-0.15, -0.1) is 0 Å². The third-order valence-electron chi connectivity index (χ3n) is 2.04. The van der Waals surface area contributed by atoms with Gasteiger partial charge in [0.25, 0.3) is 5.91 Å². The van der Waals surface area contributed by atoms with Gasteiger partial charge in [-0.3, -0.25) is 14.9 Å². The second-order valence-corrected chi connectivity index (χ2v) is 3.30. The SMILES string of the molecule is CC.NC/C=C/CNc1ncc(C(N)=O)cc1[N+](=O)[O-].[CH3-].[Na+]. The Hall–Kier alpha value is -1.48. The average Bonchev–Trinajstić information content (AvgIpc) is 2.45. The van der Waals surface area contributed by atoms with Crippen molar-refractivity contribution in [1.82, 2.24) is 4.98 Å². The van der Waals surface area contributed by atoms with Crippen LogP contribution in [-0.2, 0) is 0 Å². The van der Waals surface area contributed by atoms with E-state index < -0.39 is 10.8 Å². The molecule has 0 spiro atoms. The number of carbonyl (C=O) groups excluding carboxylic acids is 1. The number of nitrogens with one attached hydrogen (secondary N) is 1. The third kappa shape index (κ3) is 8.73. The molecule has 0 aliphatic rings. The number of carbonyl (C=O) groups is 1. The first-order valence-electron chi connectivity index (χ1n) is 6.09. The van der Waals surface area contributed by atoms with Gasteiger partial charge in [0.2, 0.25) is 5.82 Å². The summed E-state index contributed by atoms with van der Waals surface area (Å²) in [6.07, 6.45) is 4.61. The summed E-state index contributed by atoms with van der Waals surface area (Å²) in [7, 11) is 0. The van der Waals surface area contributed by atoms with E-state index in [2.05, 4.69) is 10.3 Å². The Labute approximate surface area is 152 Å². The summed E-state index contributed by atoms with van der Waals surface area (Å²) in [6, 6.07) is 1.09. The molecule has 0 saturated heterocycles. The molecular formula is C13H22N5NaO3. The second-order valence-electron chi connectivity index (χ2n) is 3.30. The quantitative estimate of drug-likeness (QED) is 0.192. The number of nitro groups is 1. The van der Waals surface area contributed by atoms with E-state index in [-0.39, 0.29) is 54.1 Å². The monoisotopic (exact) mass is 319 g/mol. The Morgan fingerprint density at radius 2 is 2.05 bits per heavy atom. The van der Waals surface area contributed by atoms with Crippen molar-refractivity contribution in [2.75, 3.05) is 18.4 Å². The van der Waals surface area contributed by atoms with E-state index in [0.29, 0.717) is 13.1 Å². The number of pyridine rings is 1. The Morgan fingerprint density at radius 1 is 1.45 bits per heavy atom. The first-order valence-corrected chi connectivity index (χ1v) is 6.09. The van der Waals surface area contributed by atoms with E-state index in [1.54, 1.807) is 12.2 Å². The van der Waals surface area contributed by atoms with Crippen LogP contribution in [0.1, 0.15) is 24.2 Å². The van der Waals surface area contributed by atoms with E-state index in [9.17, 15) is 14.9 Å². The fourth-order valence-corrected chi connectivity index (χ4v) is 1.20. The first kappa shape index (κ1) is 25.5. The van der Waals surface area contributed by atoms with Crippen molar-refractivity contribution in [3.63, 3.8) is 0 Å². The molecule has 0 aliphatic heterocycles. The molecular weight excluding hydrogens is 297 g/mol. The van der Waals surface area contributed by atoms with Crippen LogP contribution in [0.3, 0.4) is 0 Å². The maximum atomic E-state index is 10.9. The van der Waals surface area contributed by atoms with Crippen molar-refractivity contribution in [1.29, 1.82) is 0 Å². The van der Waals surface area contributed by atoms with Crippen LogP contribution < -0.4 is 46.3 Å². The summed E-state index contributed by atoms with van der Waals surface area (Å²) in [4.78, 5) is 24.9. The van der Waals surface area contributed by atoms with Gasteiger partial charge < -0.3 is 24.2 Å². The standard InChI is InChI=1S/C10H13N5O3.C2H6.CH3.Na/c11-3-1-2-4-13-10-8(15(17)18)5-7(6-14-10)9(12)16;1-2;;/h1-2,5-6H,3-4,11H2,(H2,12,16)(H,13,14);1-2H3;1H3;/q;;-1;+1/b2-1+;;;. The predicted molar refractivity (Wildman–Crippen MR) is 83.9 cm³/mol. The van der Waals surface area contributed by atoms with Crippen LogP contribution in [0.25, 0.3) is 0 Å². The molecule has 1 aromatic heterocycles. The zero-order valence-electron chi connectivity index (χ0n) is 13.5. The number of primary amides is 1. The van der Waals surface area contributed by atoms with Gasteiger partial charge in [0.05, 0.1) is 10.5 Å². The molecule has 0 aromatic carbocycles. The fourth-order valence-electron chi connectivity index (χ4n) is 1.20. The van der Waals surface area contributed by atoms with Crippen molar-refractivity contribution < 1.29 is 39.3 Å². The minimum absolute atomic E-state index is 0. The number of anilines is 1. The van der Waals surface area contributed by atoms with Gasteiger partial charge in [0, 0.05) is 25.4 Å². The molecule has 8 nitrogen and oxygen atoms in total. The van der Waals surface area contributed by atoms with Crippen molar-refractivity contribution in [3.05, 3.63) is 47.5 Å². The second kappa shape index (κ2) is 14.5. The summed E-state index contributed by atoms with van der Waals surface area (Å²) in [6.45, 7) is 4.73. The Morgan fingerprint density at radius 3 is 2.50 bits per heavy atom. The first-order chi connectivity index (χ1) is 9.56. The predicted octanol–water partition coefficient (Wildman–Crippen LogP) is -1.50. The molecule has 1 amide bonds. The molecule has 0 atom stereocenters. The van der Waals surface area contributed by atoms with Crippen LogP contribution in [0, 0.1) is 17.5 Å². The molecule has 5 N–H and O–H groups in total. The molecule has 0 unspecified atom stereocenters. The van der Waals surface area contributed by atoms with E-state index in [0.717, 1.165) is 6.07 Å². The fraction of sp³-hybridized carbons (Fsp3) is 0.308. The van der Waals surface area contributed by atoms with Gasteiger partial charge in [0.15, 0.2) is 0 Å². The van der Waals surface area contributed by atoms with E-state index in [1.165, 1.54) is 6.20 Å². The van der Waals surface area contributed by atoms with Gasteiger partial charge in [-0.25, -0.2) is 4.98 Å². The molecule has 9 heteroatoms. The maximum absolute atomic E-state index is 10.9. The number of aromatic nitrogens is 1. The summed E-state index contributed by atoms with van der Waals surface area (Å²) in [5.41, 5.74) is 9.97. The van der Waals surface area contributed by atoms with Crippen LogP contribution in [0.15, 0.2) is 24.4 Å².